The number of halogens is 1. The van der Waals surface area contributed by atoms with Gasteiger partial charge in [-0.05, 0) is 30.7 Å². The topological polar surface area (TPSA) is 43.7 Å². The molecule has 2 rings (SSSR count). The Labute approximate surface area is 127 Å². The van der Waals surface area contributed by atoms with Gasteiger partial charge in [-0.15, -0.1) is 0 Å². The number of nitrogens with zero attached hydrogens (tertiary/aromatic N) is 1. The molecule has 20 heavy (non-hydrogen) atoms. The van der Waals surface area contributed by atoms with Crippen LogP contribution in [0.2, 0.25) is 0 Å². The van der Waals surface area contributed by atoms with Crippen LogP contribution in [0.4, 0.5) is 5.69 Å². The number of rotatable bonds is 4. The molecule has 0 aliphatic heterocycles. The van der Waals surface area contributed by atoms with Crippen LogP contribution in [0.15, 0.2) is 46.9 Å². The van der Waals surface area contributed by atoms with Gasteiger partial charge in [-0.1, -0.05) is 34.1 Å². The summed E-state index contributed by atoms with van der Waals surface area (Å²) in [5.41, 5.74) is 2.64. The zero-order chi connectivity index (χ0) is 14.7. The number of anilines is 1. The average molecular weight is 336 g/mol. The monoisotopic (exact) mass is 335 g/mol. The smallest absolute Gasteiger partial charge is 0.123 e. The number of benzene rings is 2. The van der Waals surface area contributed by atoms with Crippen molar-refractivity contribution < 1.29 is 10.2 Å². The van der Waals surface area contributed by atoms with E-state index in [0.29, 0.717) is 5.56 Å². The Morgan fingerprint density at radius 3 is 2.55 bits per heavy atom. The number of phenolic OH excluding ortho intramolecular Hbond substituents is 1. The fourth-order valence-corrected chi connectivity index (χ4v) is 2.57. The molecule has 0 radical (unpaired) electrons. The normalized spacial score (nSPS) is 12.2. The average Bonchev–Trinajstić information content (AvgIpc) is 2.38. The first kappa shape index (κ1) is 14.9. The van der Waals surface area contributed by atoms with Crippen LogP contribution in [0.3, 0.4) is 0 Å². The van der Waals surface area contributed by atoms with E-state index >= 15 is 0 Å². The van der Waals surface area contributed by atoms with Gasteiger partial charge in [-0.25, -0.2) is 0 Å². The van der Waals surface area contributed by atoms with Gasteiger partial charge in [-0.3, -0.25) is 0 Å². The first-order valence-corrected chi connectivity index (χ1v) is 7.23. The molecule has 0 aromatic heterocycles. The molecule has 2 aromatic carbocycles. The van der Waals surface area contributed by atoms with Crippen molar-refractivity contribution in [3.05, 3.63) is 58.1 Å². The third kappa shape index (κ3) is 3.52. The van der Waals surface area contributed by atoms with Gasteiger partial charge in [0.25, 0.3) is 0 Å². The molecule has 0 saturated carbocycles. The summed E-state index contributed by atoms with van der Waals surface area (Å²) in [4.78, 5) is 2.05. The summed E-state index contributed by atoms with van der Waals surface area (Å²) in [5.74, 6) is 0.124. The van der Waals surface area contributed by atoms with Crippen LogP contribution < -0.4 is 4.90 Å². The molecule has 0 heterocycles. The summed E-state index contributed by atoms with van der Waals surface area (Å²) >= 11 is 3.46. The zero-order valence-electron chi connectivity index (χ0n) is 11.5. The van der Waals surface area contributed by atoms with Gasteiger partial charge in [0.1, 0.15) is 5.75 Å². The summed E-state index contributed by atoms with van der Waals surface area (Å²) in [7, 11) is 1.97. The van der Waals surface area contributed by atoms with Crippen molar-refractivity contribution in [2.75, 3.05) is 11.9 Å². The fraction of sp³-hybridized carbons (Fsp3) is 0.250. The Hall–Kier alpha value is -1.52. The highest BCUT2D eigenvalue weighted by molar-refractivity contribution is 9.10. The summed E-state index contributed by atoms with van der Waals surface area (Å²) < 4.78 is 1.05. The number of aliphatic hydroxyl groups excluding tert-OH is 1. The van der Waals surface area contributed by atoms with Gasteiger partial charge in [0, 0.05) is 35.4 Å². The van der Waals surface area contributed by atoms with Crippen LogP contribution >= 0.6 is 15.9 Å². The maximum atomic E-state index is 9.93. The number of hydrogen-bond acceptors (Lipinski definition) is 3. The van der Waals surface area contributed by atoms with Crippen LogP contribution in [-0.4, -0.2) is 17.3 Å². The molecular weight excluding hydrogens is 318 g/mol. The minimum absolute atomic E-state index is 0.124. The molecule has 4 heteroatoms. The summed E-state index contributed by atoms with van der Waals surface area (Å²) in [6.07, 6.45) is -0.667. The van der Waals surface area contributed by atoms with E-state index in [-0.39, 0.29) is 5.75 Å². The second-order valence-electron chi connectivity index (χ2n) is 4.91. The SMILES string of the molecule is CC(O)c1ccc(N(C)Cc2cccc(Br)c2)cc1O. The van der Waals surface area contributed by atoms with E-state index in [0.717, 1.165) is 16.7 Å². The second-order valence-corrected chi connectivity index (χ2v) is 5.82. The van der Waals surface area contributed by atoms with Crippen LogP contribution in [0.25, 0.3) is 0 Å². The summed E-state index contributed by atoms with van der Waals surface area (Å²) in [5, 5.41) is 19.4. The van der Waals surface area contributed by atoms with Crippen molar-refractivity contribution in [1.82, 2.24) is 0 Å². The van der Waals surface area contributed by atoms with E-state index < -0.39 is 6.10 Å². The number of phenols is 1. The first-order chi connectivity index (χ1) is 9.47. The van der Waals surface area contributed by atoms with Gasteiger partial charge < -0.3 is 15.1 Å². The van der Waals surface area contributed by atoms with E-state index in [4.69, 9.17) is 0 Å². The van der Waals surface area contributed by atoms with Gasteiger partial charge in [0.2, 0.25) is 0 Å². The highest BCUT2D eigenvalue weighted by atomic mass is 79.9. The van der Waals surface area contributed by atoms with Crippen molar-refractivity contribution in [2.45, 2.75) is 19.6 Å². The Kier molecular flexibility index (Phi) is 4.68. The third-order valence-electron chi connectivity index (χ3n) is 3.21. The van der Waals surface area contributed by atoms with Gasteiger partial charge in [0.15, 0.2) is 0 Å². The van der Waals surface area contributed by atoms with Crippen LogP contribution in [0.5, 0.6) is 5.75 Å². The lowest BCUT2D eigenvalue weighted by atomic mass is 10.1. The molecule has 0 spiro atoms. The summed E-state index contributed by atoms with van der Waals surface area (Å²) in [6.45, 7) is 2.38. The Bertz CT molecular complexity index is 599. The molecular formula is C16H18BrNO2. The van der Waals surface area contributed by atoms with Gasteiger partial charge >= 0.3 is 0 Å². The number of hydrogen-bond donors (Lipinski definition) is 2. The largest absolute Gasteiger partial charge is 0.507 e. The van der Waals surface area contributed by atoms with E-state index in [1.807, 2.05) is 30.1 Å². The third-order valence-corrected chi connectivity index (χ3v) is 3.71. The van der Waals surface area contributed by atoms with E-state index in [1.165, 1.54) is 5.56 Å². The lowest BCUT2D eigenvalue weighted by Crippen LogP contribution is -2.16. The molecule has 0 aliphatic carbocycles. The number of aliphatic hydroxyl groups is 1. The predicted molar refractivity (Wildman–Crippen MR) is 85.0 cm³/mol. The second kappa shape index (κ2) is 6.29. The maximum Gasteiger partial charge on any atom is 0.123 e. The van der Waals surface area contributed by atoms with E-state index in [9.17, 15) is 10.2 Å². The zero-order valence-corrected chi connectivity index (χ0v) is 13.1. The fourth-order valence-electron chi connectivity index (χ4n) is 2.12. The first-order valence-electron chi connectivity index (χ1n) is 6.44. The Morgan fingerprint density at radius 2 is 1.95 bits per heavy atom. The lowest BCUT2D eigenvalue weighted by molar-refractivity contribution is 0.195. The molecule has 0 amide bonds. The molecule has 2 N–H and O–H groups in total. The minimum atomic E-state index is -0.667. The van der Waals surface area contributed by atoms with Crippen LogP contribution in [0, 0.1) is 0 Å². The van der Waals surface area contributed by atoms with Crippen LogP contribution in [0.1, 0.15) is 24.2 Å². The highest BCUT2D eigenvalue weighted by Crippen LogP contribution is 2.29. The predicted octanol–water partition coefficient (Wildman–Crippen LogP) is 3.84. The van der Waals surface area contributed by atoms with E-state index in [2.05, 4.69) is 28.1 Å². The minimum Gasteiger partial charge on any atom is -0.507 e. The Balaban J connectivity index is 2.17. The molecule has 0 aliphatic rings. The summed E-state index contributed by atoms with van der Waals surface area (Å²) in [6, 6.07) is 13.5. The van der Waals surface area contributed by atoms with Crippen molar-refractivity contribution >= 4 is 21.6 Å². The molecule has 106 valence electrons. The molecule has 2 aromatic rings. The molecule has 1 atom stereocenters. The van der Waals surface area contributed by atoms with Crippen LogP contribution in [-0.2, 0) is 6.54 Å². The standard InChI is InChI=1S/C16H18BrNO2/c1-11(19)15-7-6-14(9-16(15)20)18(2)10-12-4-3-5-13(17)8-12/h3-9,11,19-20H,10H2,1-2H3. The maximum absolute atomic E-state index is 9.93. The highest BCUT2D eigenvalue weighted by Gasteiger charge is 2.10. The molecule has 3 nitrogen and oxygen atoms in total. The van der Waals surface area contributed by atoms with Gasteiger partial charge in [-0.2, -0.15) is 0 Å². The molecule has 1 unspecified atom stereocenters. The molecule has 0 bridgehead atoms. The van der Waals surface area contributed by atoms with Gasteiger partial charge in [0.05, 0.1) is 6.10 Å². The van der Waals surface area contributed by atoms with E-state index in [1.54, 1.807) is 19.1 Å². The molecule has 0 saturated heterocycles. The quantitative estimate of drug-likeness (QED) is 0.891. The van der Waals surface area contributed by atoms with Crippen molar-refractivity contribution in [3.8, 4) is 5.75 Å². The van der Waals surface area contributed by atoms with Crippen molar-refractivity contribution in [3.63, 3.8) is 0 Å². The lowest BCUT2D eigenvalue weighted by Gasteiger charge is -2.21. The Morgan fingerprint density at radius 1 is 1.20 bits per heavy atom. The molecule has 0 fully saturated rings. The number of aromatic hydroxyl groups is 1. The van der Waals surface area contributed by atoms with Crippen molar-refractivity contribution in [1.29, 1.82) is 0 Å². The van der Waals surface area contributed by atoms with Crippen molar-refractivity contribution in [2.24, 2.45) is 0 Å².